The minimum Gasteiger partial charge on any atom is -0.494 e. The molecule has 1 aliphatic heterocycles. The minimum atomic E-state index is 0.705. The SMILES string of the molecule is C=C(OCC)C1=CCCNC1. The molecular formula is C9H15NO. The van der Waals surface area contributed by atoms with Crippen LogP contribution in [0.3, 0.4) is 0 Å². The largest absolute Gasteiger partial charge is 0.494 e. The molecule has 2 nitrogen and oxygen atoms in total. The number of hydrogen-bond acceptors (Lipinski definition) is 2. The van der Waals surface area contributed by atoms with Gasteiger partial charge in [0, 0.05) is 12.1 Å². The van der Waals surface area contributed by atoms with Crippen LogP contribution in [0, 0.1) is 0 Å². The molecule has 2 heteroatoms. The molecule has 0 aromatic rings. The molecule has 0 radical (unpaired) electrons. The van der Waals surface area contributed by atoms with Gasteiger partial charge in [0.15, 0.2) is 0 Å². The Kier molecular flexibility index (Phi) is 3.17. The monoisotopic (exact) mass is 153 g/mol. The third kappa shape index (κ3) is 2.39. The third-order valence-electron chi connectivity index (χ3n) is 1.70. The Morgan fingerprint density at radius 2 is 2.64 bits per heavy atom. The molecule has 0 amide bonds. The van der Waals surface area contributed by atoms with E-state index in [-0.39, 0.29) is 0 Å². The van der Waals surface area contributed by atoms with Crippen molar-refractivity contribution < 1.29 is 4.74 Å². The molecule has 0 aromatic carbocycles. The van der Waals surface area contributed by atoms with Crippen LogP contribution >= 0.6 is 0 Å². The van der Waals surface area contributed by atoms with Crippen LogP contribution in [-0.2, 0) is 4.74 Å². The predicted molar refractivity (Wildman–Crippen MR) is 46.3 cm³/mol. The van der Waals surface area contributed by atoms with E-state index in [1.807, 2.05) is 6.92 Å². The molecule has 11 heavy (non-hydrogen) atoms. The fraction of sp³-hybridized carbons (Fsp3) is 0.556. The van der Waals surface area contributed by atoms with Gasteiger partial charge in [-0.2, -0.15) is 0 Å². The molecule has 0 fully saturated rings. The van der Waals surface area contributed by atoms with Gasteiger partial charge in [0.1, 0.15) is 5.76 Å². The van der Waals surface area contributed by atoms with Gasteiger partial charge in [0.25, 0.3) is 0 Å². The van der Waals surface area contributed by atoms with Gasteiger partial charge in [0.05, 0.1) is 6.61 Å². The molecule has 62 valence electrons. The van der Waals surface area contributed by atoms with Crippen LogP contribution in [0.4, 0.5) is 0 Å². The van der Waals surface area contributed by atoms with Gasteiger partial charge in [0.2, 0.25) is 0 Å². The third-order valence-corrected chi connectivity index (χ3v) is 1.70. The first kappa shape index (κ1) is 8.34. The van der Waals surface area contributed by atoms with Crippen LogP contribution in [-0.4, -0.2) is 19.7 Å². The Hall–Kier alpha value is -0.760. The molecular weight excluding hydrogens is 138 g/mol. The molecule has 0 unspecified atom stereocenters. The van der Waals surface area contributed by atoms with Gasteiger partial charge in [-0.15, -0.1) is 0 Å². The average Bonchev–Trinajstić information content (AvgIpc) is 2.07. The van der Waals surface area contributed by atoms with Crippen molar-refractivity contribution in [1.82, 2.24) is 5.32 Å². The lowest BCUT2D eigenvalue weighted by atomic mass is 10.1. The molecule has 1 heterocycles. The summed E-state index contributed by atoms with van der Waals surface area (Å²) >= 11 is 0. The second-order valence-corrected chi connectivity index (χ2v) is 2.55. The number of ether oxygens (including phenoxy) is 1. The van der Waals surface area contributed by atoms with E-state index in [0.29, 0.717) is 6.61 Å². The average molecular weight is 153 g/mol. The lowest BCUT2D eigenvalue weighted by molar-refractivity contribution is 0.237. The fourth-order valence-corrected chi connectivity index (χ4v) is 1.12. The normalized spacial score (nSPS) is 17.4. The van der Waals surface area contributed by atoms with E-state index in [1.54, 1.807) is 0 Å². The minimum absolute atomic E-state index is 0.705. The molecule has 1 aliphatic rings. The molecule has 0 atom stereocenters. The summed E-state index contributed by atoms with van der Waals surface area (Å²) in [5.41, 5.74) is 1.21. The van der Waals surface area contributed by atoms with Crippen molar-refractivity contribution in [1.29, 1.82) is 0 Å². The van der Waals surface area contributed by atoms with Crippen molar-refractivity contribution in [3.63, 3.8) is 0 Å². The summed E-state index contributed by atoms with van der Waals surface area (Å²) in [4.78, 5) is 0. The predicted octanol–water partition coefficient (Wildman–Crippen LogP) is 1.46. The highest BCUT2D eigenvalue weighted by Gasteiger charge is 2.05. The highest BCUT2D eigenvalue weighted by Crippen LogP contribution is 2.11. The van der Waals surface area contributed by atoms with Crippen LogP contribution in [0.2, 0.25) is 0 Å². The smallest absolute Gasteiger partial charge is 0.116 e. The van der Waals surface area contributed by atoms with Crippen LogP contribution < -0.4 is 5.32 Å². The molecule has 0 saturated carbocycles. The zero-order valence-electron chi connectivity index (χ0n) is 7.02. The summed E-state index contributed by atoms with van der Waals surface area (Å²) in [6, 6.07) is 0. The van der Waals surface area contributed by atoms with Gasteiger partial charge in [-0.1, -0.05) is 12.7 Å². The summed E-state index contributed by atoms with van der Waals surface area (Å²) in [6.07, 6.45) is 3.27. The molecule has 1 N–H and O–H groups in total. The molecule has 0 aliphatic carbocycles. The van der Waals surface area contributed by atoms with Crippen molar-refractivity contribution in [3.05, 3.63) is 24.0 Å². The van der Waals surface area contributed by atoms with E-state index in [0.717, 1.165) is 25.3 Å². The second-order valence-electron chi connectivity index (χ2n) is 2.55. The van der Waals surface area contributed by atoms with Crippen LogP contribution in [0.1, 0.15) is 13.3 Å². The van der Waals surface area contributed by atoms with E-state index >= 15 is 0 Å². The van der Waals surface area contributed by atoms with E-state index in [9.17, 15) is 0 Å². The van der Waals surface area contributed by atoms with Gasteiger partial charge in [-0.3, -0.25) is 0 Å². The van der Waals surface area contributed by atoms with Crippen LogP contribution in [0.15, 0.2) is 24.0 Å². The summed E-state index contributed by atoms with van der Waals surface area (Å²) in [5.74, 6) is 0.819. The lowest BCUT2D eigenvalue weighted by Crippen LogP contribution is -2.23. The molecule has 1 rings (SSSR count). The van der Waals surface area contributed by atoms with Gasteiger partial charge < -0.3 is 10.1 Å². The number of rotatable bonds is 3. The maximum absolute atomic E-state index is 5.28. The van der Waals surface area contributed by atoms with E-state index in [1.165, 1.54) is 5.57 Å². The zero-order chi connectivity index (χ0) is 8.10. The van der Waals surface area contributed by atoms with Gasteiger partial charge >= 0.3 is 0 Å². The highest BCUT2D eigenvalue weighted by molar-refractivity contribution is 5.26. The van der Waals surface area contributed by atoms with Crippen LogP contribution in [0.25, 0.3) is 0 Å². The standard InChI is InChI=1S/C9H15NO/c1-3-11-8(2)9-5-4-6-10-7-9/h5,10H,2-4,6-7H2,1H3. The second kappa shape index (κ2) is 4.19. The Morgan fingerprint density at radius 3 is 3.18 bits per heavy atom. The zero-order valence-corrected chi connectivity index (χ0v) is 7.02. The molecule has 0 bridgehead atoms. The van der Waals surface area contributed by atoms with Gasteiger partial charge in [-0.05, 0) is 19.9 Å². The molecule has 0 saturated heterocycles. The summed E-state index contributed by atoms with van der Waals surface area (Å²) in [5, 5.41) is 3.27. The first-order chi connectivity index (χ1) is 5.34. The topological polar surface area (TPSA) is 21.3 Å². The van der Waals surface area contributed by atoms with Gasteiger partial charge in [-0.25, -0.2) is 0 Å². The summed E-state index contributed by atoms with van der Waals surface area (Å²) in [6.45, 7) is 8.49. The lowest BCUT2D eigenvalue weighted by Gasteiger charge is -2.15. The van der Waals surface area contributed by atoms with Crippen molar-refractivity contribution >= 4 is 0 Å². The molecule has 0 aromatic heterocycles. The van der Waals surface area contributed by atoms with Crippen molar-refractivity contribution in [2.75, 3.05) is 19.7 Å². The Balaban J connectivity index is 2.44. The summed E-state index contributed by atoms with van der Waals surface area (Å²) in [7, 11) is 0. The highest BCUT2D eigenvalue weighted by atomic mass is 16.5. The number of hydrogen-bond donors (Lipinski definition) is 1. The maximum Gasteiger partial charge on any atom is 0.116 e. The first-order valence-electron chi connectivity index (χ1n) is 4.06. The number of nitrogens with one attached hydrogen (secondary N) is 1. The van der Waals surface area contributed by atoms with Crippen LogP contribution in [0.5, 0.6) is 0 Å². The molecule has 0 spiro atoms. The Bertz CT molecular complexity index is 172. The van der Waals surface area contributed by atoms with Crippen molar-refractivity contribution in [3.8, 4) is 0 Å². The van der Waals surface area contributed by atoms with Crippen molar-refractivity contribution in [2.24, 2.45) is 0 Å². The Labute approximate surface area is 67.9 Å². The maximum atomic E-state index is 5.28. The quantitative estimate of drug-likeness (QED) is 0.620. The van der Waals surface area contributed by atoms with E-state index in [2.05, 4.69) is 18.0 Å². The fourth-order valence-electron chi connectivity index (χ4n) is 1.12. The Morgan fingerprint density at radius 1 is 1.82 bits per heavy atom. The van der Waals surface area contributed by atoms with E-state index < -0.39 is 0 Å². The van der Waals surface area contributed by atoms with Crippen molar-refractivity contribution in [2.45, 2.75) is 13.3 Å². The first-order valence-corrected chi connectivity index (χ1v) is 4.06. The summed E-state index contributed by atoms with van der Waals surface area (Å²) < 4.78 is 5.28. The van der Waals surface area contributed by atoms with E-state index in [4.69, 9.17) is 4.74 Å².